The highest BCUT2D eigenvalue weighted by Crippen LogP contribution is 2.41. The van der Waals surface area contributed by atoms with E-state index in [0.717, 1.165) is 80.3 Å². The molecule has 1 atom stereocenters. The smallest absolute Gasteiger partial charge is 0.257 e. The molecule has 8 rings (SSSR count). The molecule has 0 aliphatic carbocycles. The van der Waals surface area contributed by atoms with Crippen molar-refractivity contribution < 1.29 is 14.3 Å². The number of para-hydroxylation sites is 3. The van der Waals surface area contributed by atoms with E-state index in [-0.39, 0.29) is 11.3 Å². The molecule has 2 aliphatic rings. The maximum atomic E-state index is 14.2. The van der Waals surface area contributed by atoms with Gasteiger partial charge in [0.25, 0.3) is 5.91 Å². The van der Waals surface area contributed by atoms with E-state index in [9.17, 15) is 4.79 Å². The van der Waals surface area contributed by atoms with Crippen LogP contribution in [0.2, 0.25) is 10.0 Å². The Morgan fingerprint density at radius 3 is 2.55 bits per heavy atom. The molecule has 0 radical (unpaired) electrons. The number of halogens is 2. The van der Waals surface area contributed by atoms with Crippen molar-refractivity contribution in [3.05, 3.63) is 118 Å². The van der Waals surface area contributed by atoms with E-state index in [1.807, 2.05) is 59.5 Å². The fourth-order valence-corrected chi connectivity index (χ4v) is 8.27. The number of nitrogens with zero attached hydrogens (tertiary/aromatic N) is 9. The molecule has 6 aromatic rings. The van der Waals surface area contributed by atoms with E-state index in [1.54, 1.807) is 19.2 Å². The van der Waals surface area contributed by atoms with Crippen LogP contribution in [-0.4, -0.2) is 105 Å². The van der Waals surface area contributed by atoms with Gasteiger partial charge in [0.2, 0.25) is 5.95 Å². The lowest BCUT2D eigenvalue weighted by molar-refractivity contribution is 0.0777. The van der Waals surface area contributed by atoms with Crippen molar-refractivity contribution in [2.45, 2.75) is 31.2 Å². The number of anilines is 1. The number of aromatic nitrogens is 6. The molecule has 1 amide bonds. The normalized spacial score (nSPS) is 17.8. The van der Waals surface area contributed by atoms with E-state index in [1.165, 1.54) is 11.0 Å². The monoisotopic (exact) mass is 779 g/mol. The fraction of sp³-hybridized carbons (Fsp3) is 0.341. The van der Waals surface area contributed by atoms with Crippen LogP contribution in [-0.2, 0) is 12.0 Å². The van der Waals surface area contributed by atoms with Gasteiger partial charge in [-0.1, -0.05) is 59.6 Å². The second-order valence-corrected chi connectivity index (χ2v) is 15.0. The number of amides is 1. The molecule has 0 saturated carbocycles. The first kappa shape index (κ1) is 36.8. The van der Waals surface area contributed by atoms with E-state index < -0.39 is 0 Å². The number of rotatable bonds is 12. The van der Waals surface area contributed by atoms with Crippen molar-refractivity contribution in [1.29, 1.82) is 0 Å². The van der Waals surface area contributed by atoms with Gasteiger partial charge in [-0.3, -0.25) is 4.79 Å². The average molecular weight is 781 g/mol. The highest BCUT2D eigenvalue weighted by atomic mass is 35.5. The molecule has 14 heteroatoms. The summed E-state index contributed by atoms with van der Waals surface area (Å²) in [6, 6.07) is 29.6. The van der Waals surface area contributed by atoms with Gasteiger partial charge in [0.15, 0.2) is 0 Å². The number of carbonyl (C=O) groups excluding carboxylic acids is 1. The number of imidazole rings is 1. The number of carbonyl (C=O) groups is 1. The number of likely N-dealkylation sites (tertiary alicyclic amines) is 1. The van der Waals surface area contributed by atoms with Crippen LogP contribution in [0.1, 0.15) is 35.2 Å². The maximum Gasteiger partial charge on any atom is 0.257 e. The summed E-state index contributed by atoms with van der Waals surface area (Å²) in [5.74, 6) is 2.25. The Labute approximate surface area is 330 Å². The molecule has 2 aliphatic heterocycles. The van der Waals surface area contributed by atoms with Crippen LogP contribution < -0.4 is 14.4 Å². The molecule has 4 aromatic carbocycles. The molecule has 2 saturated heterocycles. The first-order chi connectivity index (χ1) is 26.9. The summed E-state index contributed by atoms with van der Waals surface area (Å²) in [6.07, 6.45) is 4.15. The van der Waals surface area contributed by atoms with Gasteiger partial charge in [0.05, 0.1) is 46.0 Å². The van der Waals surface area contributed by atoms with Crippen molar-refractivity contribution in [2.24, 2.45) is 0 Å². The second kappa shape index (κ2) is 16.3. The predicted octanol–water partition coefficient (Wildman–Crippen LogP) is 6.79. The first-order valence-corrected chi connectivity index (χ1v) is 19.4. The molecule has 2 fully saturated rings. The van der Waals surface area contributed by atoms with Gasteiger partial charge < -0.3 is 28.7 Å². The topological polar surface area (TPSA) is 107 Å². The summed E-state index contributed by atoms with van der Waals surface area (Å²) in [7, 11) is 1.57. The minimum Gasteiger partial charge on any atom is -0.496 e. The van der Waals surface area contributed by atoms with E-state index in [0.29, 0.717) is 53.3 Å². The van der Waals surface area contributed by atoms with Gasteiger partial charge >= 0.3 is 0 Å². The summed E-state index contributed by atoms with van der Waals surface area (Å²) < 4.78 is 15.6. The Bertz CT molecular complexity index is 2250. The minimum atomic E-state index is -0.316. The number of fused-ring (bicyclic) bond motifs is 1. The Hall–Kier alpha value is -5.17. The lowest BCUT2D eigenvalue weighted by Crippen LogP contribution is -2.39. The molecule has 0 bridgehead atoms. The third kappa shape index (κ3) is 7.85. The lowest BCUT2D eigenvalue weighted by Gasteiger charge is -2.33. The van der Waals surface area contributed by atoms with E-state index >= 15 is 0 Å². The number of methoxy groups -OCH3 is 1. The summed E-state index contributed by atoms with van der Waals surface area (Å²) >= 11 is 13.0. The maximum absolute atomic E-state index is 14.2. The Kier molecular flexibility index (Phi) is 10.9. The molecule has 284 valence electrons. The summed E-state index contributed by atoms with van der Waals surface area (Å²) in [5, 5.41) is 12.5. The van der Waals surface area contributed by atoms with Crippen LogP contribution in [0.4, 0.5) is 5.95 Å². The number of hydrogen-bond donors (Lipinski definition) is 0. The molecular weight excluding hydrogens is 737 g/mol. The third-order valence-electron chi connectivity index (χ3n) is 10.9. The average Bonchev–Trinajstić information content (AvgIpc) is 3.96. The number of hydrogen-bond acceptors (Lipinski definition) is 9. The van der Waals surface area contributed by atoms with Crippen molar-refractivity contribution >= 4 is 46.1 Å². The summed E-state index contributed by atoms with van der Waals surface area (Å²) in [4.78, 5) is 26.3. The second-order valence-electron chi connectivity index (χ2n) is 14.2. The van der Waals surface area contributed by atoms with Crippen molar-refractivity contribution in [3.8, 4) is 17.2 Å². The fourth-order valence-electron chi connectivity index (χ4n) is 7.97. The van der Waals surface area contributed by atoms with Crippen LogP contribution in [0, 0.1) is 0 Å². The van der Waals surface area contributed by atoms with Crippen LogP contribution in [0.5, 0.6) is 11.5 Å². The minimum absolute atomic E-state index is 0.101. The van der Waals surface area contributed by atoms with Gasteiger partial charge in [-0.25, -0.2) is 9.67 Å². The van der Waals surface area contributed by atoms with Crippen molar-refractivity contribution in [2.75, 3.05) is 64.4 Å². The van der Waals surface area contributed by atoms with E-state index in [4.69, 9.17) is 37.7 Å². The SMILES string of the molecule is COc1ccc(-n2cnnn2)cc1C(=O)N1CCC(CCN2CCCN(c3nc4ccccc4n3CCOc3ccccc3)CC2)(c2ccc(Cl)c(Cl)c2)C1. The Morgan fingerprint density at radius 2 is 1.73 bits per heavy atom. The largest absolute Gasteiger partial charge is 0.496 e. The quantitative estimate of drug-likeness (QED) is 0.133. The zero-order valence-electron chi connectivity index (χ0n) is 30.7. The lowest BCUT2D eigenvalue weighted by atomic mass is 9.76. The first-order valence-electron chi connectivity index (χ1n) is 18.7. The van der Waals surface area contributed by atoms with Gasteiger partial charge in [-0.05, 0) is 103 Å². The van der Waals surface area contributed by atoms with Crippen LogP contribution in [0.25, 0.3) is 16.7 Å². The predicted molar refractivity (Wildman–Crippen MR) is 214 cm³/mol. The summed E-state index contributed by atoms with van der Waals surface area (Å²) in [5.41, 5.74) is 4.01. The molecular formula is C41H43Cl2N9O3. The zero-order valence-corrected chi connectivity index (χ0v) is 32.2. The van der Waals surface area contributed by atoms with Crippen LogP contribution in [0.3, 0.4) is 0 Å². The molecule has 4 heterocycles. The highest BCUT2D eigenvalue weighted by Gasteiger charge is 2.42. The zero-order chi connectivity index (χ0) is 37.8. The molecule has 2 aromatic heterocycles. The van der Waals surface area contributed by atoms with Gasteiger partial charge in [0.1, 0.15) is 24.4 Å². The van der Waals surface area contributed by atoms with E-state index in [2.05, 4.69) is 54.2 Å². The number of tetrazole rings is 1. The van der Waals surface area contributed by atoms with Crippen molar-refractivity contribution in [1.82, 2.24) is 39.6 Å². The molecule has 12 nitrogen and oxygen atoms in total. The van der Waals surface area contributed by atoms with Gasteiger partial charge in [-0.2, -0.15) is 0 Å². The van der Waals surface area contributed by atoms with Gasteiger partial charge in [-0.15, -0.1) is 5.10 Å². The van der Waals surface area contributed by atoms with Crippen LogP contribution >= 0.6 is 23.2 Å². The van der Waals surface area contributed by atoms with Crippen LogP contribution in [0.15, 0.2) is 97.3 Å². The molecule has 0 N–H and O–H groups in total. The summed E-state index contributed by atoms with van der Waals surface area (Å²) in [6.45, 7) is 6.86. The Balaban J connectivity index is 0.984. The molecule has 1 unspecified atom stereocenters. The molecule has 0 spiro atoms. The van der Waals surface area contributed by atoms with Gasteiger partial charge in [0, 0.05) is 38.1 Å². The highest BCUT2D eigenvalue weighted by molar-refractivity contribution is 6.42. The molecule has 55 heavy (non-hydrogen) atoms. The Morgan fingerprint density at radius 1 is 0.873 bits per heavy atom. The number of ether oxygens (including phenoxy) is 2. The van der Waals surface area contributed by atoms with Crippen molar-refractivity contribution in [3.63, 3.8) is 0 Å². The standard InChI is InChI=1S/C41H43Cl2N9O3/c1-54-38-15-13-31(52-29-44-46-47-52)27-33(38)39(53)50-21-17-41(28-50,30-12-14-34(42)35(43)26-30)16-20-48-18-7-19-49(23-22-48)40-45-36-10-5-6-11-37(36)51(40)24-25-55-32-8-3-2-4-9-32/h2-6,8-15,26-27,29H,7,16-25,28H2,1H3. The number of benzene rings is 4. The third-order valence-corrected chi connectivity index (χ3v) is 11.7.